The number of alkyl halides is 3. The van der Waals surface area contributed by atoms with Crippen LogP contribution in [-0.2, 0) is 17.5 Å². The van der Waals surface area contributed by atoms with E-state index in [2.05, 4.69) is 34.4 Å². The Morgan fingerprint density at radius 2 is 1.89 bits per heavy atom. The molecule has 0 amide bonds. The standard InChI is InChI=1S/C26H28F3N3O2S2/c1-17(30-18-7-9-20(10-8-18)36(33)34)6-11-24-22(16-26(27,28)29)21-4-3-5-23(25(21)35-24)31-19-12-14-32(2)15-13-19/h3-5,7-10,17,19,30-31H,12-16H2,1-2H3,(H,33,34)/t17-/m0/s1. The number of hydrogen-bond donors (Lipinski definition) is 3. The Morgan fingerprint density at radius 1 is 1.19 bits per heavy atom. The van der Waals surface area contributed by atoms with E-state index in [0.29, 0.717) is 16.0 Å². The van der Waals surface area contributed by atoms with Crippen LogP contribution in [-0.4, -0.2) is 52.1 Å². The normalized spacial score (nSPS) is 16.8. The van der Waals surface area contributed by atoms with Crippen molar-refractivity contribution < 1.29 is 21.9 Å². The minimum absolute atomic E-state index is 0.212. The molecule has 3 aromatic rings. The van der Waals surface area contributed by atoms with Crippen molar-refractivity contribution in [3.63, 3.8) is 0 Å². The van der Waals surface area contributed by atoms with Crippen LogP contribution < -0.4 is 10.6 Å². The van der Waals surface area contributed by atoms with Crippen molar-refractivity contribution >= 4 is 43.9 Å². The van der Waals surface area contributed by atoms with Crippen molar-refractivity contribution in [2.24, 2.45) is 0 Å². The predicted molar refractivity (Wildman–Crippen MR) is 141 cm³/mol. The molecule has 0 aliphatic carbocycles. The van der Waals surface area contributed by atoms with E-state index >= 15 is 0 Å². The summed E-state index contributed by atoms with van der Waals surface area (Å²) in [5.41, 5.74) is 1.77. The average molecular weight is 536 g/mol. The van der Waals surface area contributed by atoms with Gasteiger partial charge in [-0.2, -0.15) is 13.2 Å². The third-order valence-electron chi connectivity index (χ3n) is 6.12. The lowest BCUT2D eigenvalue weighted by Gasteiger charge is -2.30. The van der Waals surface area contributed by atoms with E-state index in [1.54, 1.807) is 24.3 Å². The predicted octanol–water partition coefficient (Wildman–Crippen LogP) is 5.94. The maximum Gasteiger partial charge on any atom is 0.393 e. The highest BCUT2D eigenvalue weighted by molar-refractivity contribution is 7.79. The number of nitrogens with zero attached hydrogens (tertiary/aromatic N) is 1. The minimum Gasteiger partial charge on any atom is -0.381 e. The third-order valence-corrected chi connectivity index (χ3v) is 7.99. The van der Waals surface area contributed by atoms with Gasteiger partial charge in [-0.05, 0) is 81.2 Å². The van der Waals surface area contributed by atoms with Crippen LogP contribution in [0, 0.1) is 11.8 Å². The zero-order chi connectivity index (χ0) is 25.9. The number of hydrogen-bond acceptors (Lipinski definition) is 5. The van der Waals surface area contributed by atoms with Gasteiger partial charge in [0.05, 0.1) is 32.6 Å². The minimum atomic E-state index is -4.35. The van der Waals surface area contributed by atoms with Crippen LogP contribution in [0.25, 0.3) is 10.1 Å². The molecule has 4 rings (SSSR count). The summed E-state index contributed by atoms with van der Waals surface area (Å²) in [7, 11) is 2.09. The van der Waals surface area contributed by atoms with Gasteiger partial charge in [0.1, 0.15) is 0 Å². The molecule has 36 heavy (non-hydrogen) atoms. The number of fused-ring (bicyclic) bond motifs is 1. The first kappa shape index (κ1) is 26.5. The molecule has 0 spiro atoms. The van der Waals surface area contributed by atoms with E-state index < -0.39 is 23.7 Å². The molecule has 10 heteroatoms. The van der Waals surface area contributed by atoms with E-state index in [9.17, 15) is 17.4 Å². The van der Waals surface area contributed by atoms with Gasteiger partial charge in [0.2, 0.25) is 0 Å². The molecule has 5 nitrogen and oxygen atoms in total. The Balaban J connectivity index is 1.60. The monoisotopic (exact) mass is 535 g/mol. The lowest BCUT2D eigenvalue weighted by Crippen LogP contribution is -2.36. The highest BCUT2D eigenvalue weighted by atomic mass is 32.2. The lowest BCUT2D eigenvalue weighted by molar-refractivity contribution is -0.126. The summed E-state index contributed by atoms with van der Waals surface area (Å²) in [5.74, 6) is 6.02. The molecule has 0 bridgehead atoms. The molecular weight excluding hydrogens is 507 g/mol. The summed E-state index contributed by atoms with van der Waals surface area (Å²) >= 11 is -0.759. The van der Waals surface area contributed by atoms with Gasteiger partial charge < -0.3 is 20.1 Å². The second kappa shape index (κ2) is 11.2. The van der Waals surface area contributed by atoms with E-state index in [4.69, 9.17) is 4.55 Å². The maximum atomic E-state index is 13.5. The molecule has 1 aliphatic heterocycles. The average Bonchev–Trinajstić information content (AvgIpc) is 3.16. The zero-order valence-corrected chi connectivity index (χ0v) is 21.6. The SMILES string of the molecule is C[C@@H](C#Cc1sc2c(NC3CCN(C)CC3)cccc2c1CC(F)(F)F)Nc1ccc(S(=O)O)cc1. The largest absolute Gasteiger partial charge is 0.393 e. The van der Waals surface area contributed by atoms with Crippen LogP contribution in [0.1, 0.15) is 30.2 Å². The van der Waals surface area contributed by atoms with Crippen LogP contribution in [0.2, 0.25) is 0 Å². The van der Waals surface area contributed by atoms with Crippen LogP contribution in [0.4, 0.5) is 24.5 Å². The molecular formula is C26H28F3N3O2S2. The molecule has 0 radical (unpaired) electrons. The Hall–Kier alpha value is -2.58. The smallest absolute Gasteiger partial charge is 0.381 e. The van der Waals surface area contributed by atoms with E-state index in [0.717, 1.165) is 36.3 Å². The van der Waals surface area contributed by atoms with Crippen LogP contribution in [0.5, 0.6) is 0 Å². The molecule has 1 aliphatic rings. The molecule has 1 unspecified atom stereocenters. The molecule has 2 aromatic carbocycles. The summed E-state index contributed by atoms with van der Waals surface area (Å²) < 4.78 is 61.6. The van der Waals surface area contributed by atoms with Gasteiger partial charge >= 0.3 is 6.18 Å². The molecule has 2 atom stereocenters. The van der Waals surface area contributed by atoms with Gasteiger partial charge in [-0.25, -0.2) is 4.21 Å². The number of thiophene rings is 1. The van der Waals surface area contributed by atoms with Gasteiger partial charge in [0.15, 0.2) is 11.1 Å². The van der Waals surface area contributed by atoms with Gasteiger partial charge in [-0.3, -0.25) is 0 Å². The van der Waals surface area contributed by atoms with Crippen molar-refractivity contribution in [1.82, 2.24) is 4.90 Å². The van der Waals surface area contributed by atoms with E-state index in [1.165, 1.54) is 23.5 Å². The first-order valence-corrected chi connectivity index (χ1v) is 13.6. The summed E-state index contributed by atoms with van der Waals surface area (Å²) in [5, 5.41) is 7.31. The number of piperidine rings is 1. The number of halogens is 3. The topological polar surface area (TPSA) is 64.6 Å². The molecule has 1 aromatic heterocycles. The summed E-state index contributed by atoms with van der Waals surface area (Å²) in [6.45, 7) is 3.79. The summed E-state index contributed by atoms with van der Waals surface area (Å²) in [6.07, 6.45) is -3.41. The first-order chi connectivity index (χ1) is 17.1. The number of likely N-dealkylation sites (tertiary alicyclic amines) is 1. The van der Waals surface area contributed by atoms with Gasteiger partial charge in [-0.15, -0.1) is 11.3 Å². The second-order valence-electron chi connectivity index (χ2n) is 9.01. The van der Waals surface area contributed by atoms with Crippen molar-refractivity contribution in [3.8, 4) is 11.8 Å². The summed E-state index contributed by atoms with van der Waals surface area (Å²) in [6, 6.07) is 11.8. The second-order valence-corrected chi connectivity index (χ2v) is 11.0. The van der Waals surface area contributed by atoms with Crippen molar-refractivity contribution in [3.05, 3.63) is 52.9 Å². The Kier molecular flexibility index (Phi) is 8.25. The van der Waals surface area contributed by atoms with Gasteiger partial charge in [0, 0.05) is 11.7 Å². The maximum absolute atomic E-state index is 13.5. The Labute approximate surface area is 215 Å². The summed E-state index contributed by atoms with van der Waals surface area (Å²) in [4.78, 5) is 2.97. The van der Waals surface area contributed by atoms with Gasteiger partial charge in [0.25, 0.3) is 0 Å². The number of nitrogens with one attached hydrogen (secondary N) is 2. The fourth-order valence-corrected chi connectivity index (χ4v) is 5.79. The van der Waals surface area contributed by atoms with Crippen LogP contribution >= 0.6 is 11.3 Å². The highest BCUT2D eigenvalue weighted by Crippen LogP contribution is 2.39. The Morgan fingerprint density at radius 3 is 2.53 bits per heavy atom. The molecule has 1 fully saturated rings. The van der Waals surface area contributed by atoms with Crippen molar-refractivity contribution in [1.29, 1.82) is 0 Å². The van der Waals surface area contributed by atoms with Crippen LogP contribution in [0.15, 0.2) is 47.4 Å². The zero-order valence-electron chi connectivity index (χ0n) is 20.0. The van der Waals surface area contributed by atoms with Crippen molar-refractivity contribution in [2.75, 3.05) is 30.8 Å². The van der Waals surface area contributed by atoms with Crippen LogP contribution in [0.3, 0.4) is 0 Å². The molecule has 3 N–H and O–H groups in total. The van der Waals surface area contributed by atoms with Gasteiger partial charge in [-0.1, -0.05) is 24.0 Å². The van der Waals surface area contributed by atoms with Crippen molar-refractivity contribution in [2.45, 2.75) is 49.3 Å². The first-order valence-electron chi connectivity index (χ1n) is 11.6. The fourth-order valence-electron chi connectivity index (χ4n) is 4.26. The third kappa shape index (κ3) is 6.79. The molecule has 192 valence electrons. The lowest BCUT2D eigenvalue weighted by atomic mass is 10.0. The Bertz CT molecular complexity index is 1290. The highest BCUT2D eigenvalue weighted by Gasteiger charge is 2.31. The number of rotatable bonds is 6. The fraction of sp³-hybridized carbons (Fsp3) is 0.385. The molecule has 2 heterocycles. The molecule has 1 saturated heterocycles. The quantitative estimate of drug-likeness (QED) is 0.269. The molecule has 0 saturated carbocycles. The van der Waals surface area contributed by atoms with E-state index in [1.807, 2.05) is 13.0 Å². The number of benzene rings is 2. The van der Waals surface area contributed by atoms with E-state index in [-0.39, 0.29) is 22.5 Å². The number of anilines is 2.